The van der Waals surface area contributed by atoms with E-state index in [9.17, 15) is 4.79 Å². The van der Waals surface area contributed by atoms with Gasteiger partial charge < -0.3 is 15.5 Å². The number of nitriles is 1. The van der Waals surface area contributed by atoms with E-state index in [-0.39, 0.29) is 24.4 Å². The van der Waals surface area contributed by atoms with Crippen LogP contribution in [0.15, 0.2) is 24.5 Å². The van der Waals surface area contributed by atoms with Gasteiger partial charge in [-0.05, 0) is 25.0 Å². The maximum absolute atomic E-state index is 12.3. The summed E-state index contributed by atoms with van der Waals surface area (Å²) in [5, 5.41) is 15.2. The van der Waals surface area contributed by atoms with Gasteiger partial charge in [0.05, 0.1) is 17.0 Å². The number of pyridine rings is 1. The van der Waals surface area contributed by atoms with E-state index in [1.165, 1.54) is 0 Å². The van der Waals surface area contributed by atoms with E-state index in [4.69, 9.17) is 21.8 Å². The topological polar surface area (TPSA) is 107 Å². The molecule has 2 aliphatic heterocycles. The second kappa shape index (κ2) is 7.37. The maximum atomic E-state index is 12.3. The molecule has 2 atom stereocenters. The van der Waals surface area contributed by atoms with Crippen molar-refractivity contribution in [2.75, 3.05) is 29.9 Å². The first-order valence-electron chi connectivity index (χ1n) is 8.81. The molecule has 9 heteroatoms. The molecule has 2 aromatic rings. The van der Waals surface area contributed by atoms with E-state index < -0.39 is 0 Å². The van der Waals surface area contributed by atoms with Crippen LogP contribution in [0, 0.1) is 11.3 Å². The number of aromatic nitrogens is 3. The quantitative estimate of drug-likeness (QED) is 0.773. The molecule has 0 bridgehead atoms. The lowest BCUT2D eigenvalue weighted by Crippen LogP contribution is -2.43. The number of hydrogen-bond donors (Lipinski definition) is 2. The number of rotatable bonds is 4. The zero-order chi connectivity index (χ0) is 18.8. The highest BCUT2D eigenvalue weighted by Gasteiger charge is 2.33. The summed E-state index contributed by atoms with van der Waals surface area (Å²) in [6, 6.07) is 5.33. The minimum atomic E-state index is -0.314. The second-order valence-corrected chi connectivity index (χ2v) is 6.96. The van der Waals surface area contributed by atoms with E-state index in [0.29, 0.717) is 17.4 Å². The highest BCUT2D eigenvalue weighted by molar-refractivity contribution is 6.30. The molecule has 0 saturated carbocycles. The fraction of sp³-hybridized carbons (Fsp3) is 0.389. The van der Waals surface area contributed by atoms with Gasteiger partial charge >= 0.3 is 0 Å². The van der Waals surface area contributed by atoms with Crippen LogP contribution >= 0.6 is 11.6 Å². The lowest BCUT2D eigenvalue weighted by atomic mass is 10.0. The Hall–Kier alpha value is -2.92. The van der Waals surface area contributed by atoms with Crippen LogP contribution in [0.5, 0.6) is 0 Å². The molecule has 0 radical (unpaired) electrons. The standard InChI is InChI=1S/C18H18ClN7O/c19-11-8-12-13(10-24-16(12)23-9-11)17-21-5-3-15(25-17)26-7-1-2-14(26)18(27)22-6-4-20/h3,5,8-9,13-14H,1-2,6-7,10H2,(H,22,27)(H,23,24)/t13?,14-/m1/s1. The maximum Gasteiger partial charge on any atom is 0.243 e. The molecule has 4 rings (SSSR count). The molecule has 1 saturated heterocycles. The molecule has 2 N–H and O–H groups in total. The van der Waals surface area contributed by atoms with Gasteiger partial charge in [0.15, 0.2) is 0 Å². The van der Waals surface area contributed by atoms with Crippen molar-refractivity contribution in [2.45, 2.75) is 24.8 Å². The van der Waals surface area contributed by atoms with Crippen molar-refractivity contribution in [1.29, 1.82) is 5.26 Å². The summed E-state index contributed by atoms with van der Waals surface area (Å²) < 4.78 is 0. The fourth-order valence-corrected chi connectivity index (χ4v) is 3.82. The zero-order valence-electron chi connectivity index (χ0n) is 14.5. The van der Waals surface area contributed by atoms with Gasteiger partial charge in [-0.25, -0.2) is 15.0 Å². The molecule has 0 aliphatic carbocycles. The number of halogens is 1. The minimum absolute atomic E-state index is 0.0104. The van der Waals surface area contributed by atoms with Gasteiger partial charge in [-0.1, -0.05) is 11.6 Å². The van der Waals surface area contributed by atoms with Crippen molar-refractivity contribution in [3.8, 4) is 6.07 Å². The van der Waals surface area contributed by atoms with E-state index in [0.717, 1.165) is 36.6 Å². The molecule has 2 aromatic heterocycles. The van der Waals surface area contributed by atoms with Crippen LogP contribution in [0.25, 0.3) is 0 Å². The van der Waals surface area contributed by atoms with E-state index in [2.05, 4.69) is 20.6 Å². The number of amides is 1. The minimum Gasteiger partial charge on any atom is -0.369 e. The summed E-state index contributed by atoms with van der Waals surface area (Å²) in [5.74, 6) is 2.01. The summed E-state index contributed by atoms with van der Waals surface area (Å²) >= 11 is 6.10. The summed E-state index contributed by atoms with van der Waals surface area (Å²) in [5.41, 5.74) is 0.976. The summed E-state index contributed by atoms with van der Waals surface area (Å²) in [7, 11) is 0. The number of nitrogens with one attached hydrogen (secondary N) is 2. The molecule has 27 heavy (non-hydrogen) atoms. The third kappa shape index (κ3) is 3.38. The number of hydrogen-bond acceptors (Lipinski definition) is 7. The first-order chi connectivity index (χ1) is 13.2. The molecule has 138 valence electrons. The lowest BCUT2D eigenvalue weighted by molar-refractivity contribution is -0.121. The van der Waals surface area contributed by atoms with Gasteiger partial charge in [0.25, 0.3) is 0 Å². The van der Waals surface area contributed by atoms with Gasteiger partial charge in [-0.2, -0.15) is 5.26 Å². The Morgan fingerprint density at radius 2 is 2.37 bits per heavy atom. The Kier molecular flexibility index (Phi) is 4.77. The van der Waals surface area contributed by atoms with Crippen molar-refractivity contribution in [2.24, 2.45) is 0 Å². The number of anilines is 2. The molecule has 8 nitrogen and oxygen atoms in total. The van der Waals surface area contributed by atoms with Gasteiger partial charge in [0.2, 0.25) is 5.91 Å². The zero-order valence-corrected chi connectivity index (χ0v) is 15.3. The van der Waals surface area contributed by atoms with Crippen molar-refractivity contribution in [3.63, 3.8) is 0 Å². The second-order valence-electron chi connectivity index (χ2n) is 6.53. The molecule has 2 aliphatic rings. The SMILES string of the molecule is N#CCNC(=O)[C@H]1CCCN1c1ccnc(C2CNc3ncc(Cl)cc32)n1. The summed E-state index contributed by atoms with van der Waals surface area (Å²) in [4.78, 5) is 27.8. The van der Waals surface area contributed by atoms with Gasteiger partial charge in [0.1, 0.15) is 30.0 Å². The van der Waals surface area contributed by atoms with Crippen LogP contribution in [0.4, 0.5) is 11.6 Å². The van der Waals surface area contributed by atoms with Crippen LogP contribution in [0.3, 0.4) is 0 Å². The highest BCUT2D eigenvalue weighted by Crippen LogP contribution is 2.35. The molecule has 0 spiro atoms. The lowest BCUT2D eigenvalue weighted by Gasteiger charge is -2.25. The van der Waals surface area contributed by atoms with Crippen LogP contribution in [-0.4, -0.2) is 46.5 Å². The van der Waals surface area contributed by atoms with Gasteiger partial charge in [-0.15, -0.1) is 0 Å². The first kappa shape index (κ1) is 17.5. The van der Waals surface area contributed by atoms with Crippen molar-refractivity contribution >= 4 is 29.1 Å². The smallest absolute Gasteiger partial charge is 0.243 e. The number of carbonyl (C=O) groups excluding carboxylic acids is 1. The van der Waals surface area contributed by atoms with Crippen LogP contribution in [0.1, 0.15) is 30.1 Å². The Morgan fingerprint density at radius 3 is 3.22 bits per heavy atom. The van der Waals surface area contributed by atoms with Crippen molar-refractivity contribution in [1.82, 2.24) is 20.3 Å². The van der Waals surface area contributed by atoms with Crippen LogP contribution < -0.4 is 15.5 Å². The van der Waals surface area contributed by atoms with Crippen molar-refractivity contribution < 1.29 is 4.79 Å². The Balaban J connectivity index is 1.60. The molecule has 1 fully saturated rings. The number of carbonyl (C=O) groups is 1. The molecular formula is C18H18ClN7O. The molecular weight excluding hydrogens is 366 g/mol. The largest absolute Gasteiger partial charge is 0.369 e. The normalized spacial score (nSPS) is 20.7. The van der Waals surface area contributed by atoms with Crippen molar-refractivity contribution in [3.05, 3.63) is 40.9 Å². The van der Waals surface area contributed by atoms with Crippen LogP contribution in [0.2, 0.25) is 5.02 Å². The molecule has 4 heterocycles. The molecule has 0 aromatic carbocycles. The predicted molar refractivity (Wildman–Crippen MR) is 101 cm³/mol. The average Bonchev–Trinajstić information content (AvgIpc) is 3.33. The Morgan fingerprint density at radius 1 is 1.48 bits per heavy atom. The molecule has 1 unspecified atom stereocenters. The predicted octanol–water partition coefficient (Wildman–Crippen LogP) is 1.69. The average molecular weight is 384 g/mol. The van der Waals surface area contributed by atoms with E-state index in [1.54, 1.807) is 12.4 Å². The van der Waals surface area contributed by atoms with E-state index >= 15 is 0 Å². The monoisotopic (exact) mass is 383 g/mol. The molecule has 1 amide bonds. The van der Waals surface area contributed by atoms with Gasteiger partial charge in [0, 0.05) is 31.0 Å². The summed E-state index contributed by atoms with van der Waals surface area (Å²) in [6.45, 7) is 1.41. The number of fused-ring (bicyclic) bond motifs is 1. The Labute approximate surface area is 161 Å². The van der Waals surface area contributed by atoms with Crippen LogP contribution in [-0.2, 0) is 4.79 Å². The fourth-order valence-electron chi connectivity index (χ4n) is 3.66. The third-order valence-corrected chi connectivity index (χ3v) is 5.10. The van der Waals surface area contributed by atoms with Gasteiger partial charge in [-0.3, -0.25) is 4.79 Å². The first-order valence-corrected chi connectivity index (χ1v) is 9.18. The Bertz CT molecular complexity index is 913. The van der Waals surface area contributed by atoms with E-state index in [1.807, 2.05) is 23.1 Å². The summed E-state index contributed by atoms with van der Waals surface area (Å²) in [6.07, 6.45) is 4.97. The number of nitrogens with zero attached hydrogens (tertiary/aromatic N) is 5. The third-order valence-electron chi connectivity index (χ3n) is 4.90. The highest BCUT2D eigenvalue weighted by atomic mass is 35.5.